The van der Waals surface area contributed by atoms with Gasteiger partial charge >= 0.3 is 6.18 Å². The topological polar surface area (TPSA) is 20.3 Å². The minimum Gasteiger partial charge on any atom is -0.338 e. The van der Waals surface area contributed by atoms with E-state index in [0.717, 1.165) is 6.07 Å². The van der Waals surface area contributed by atoms with Crippen molar-refractivity contribution in [3.8, 4) is 0 Å². The lowest BCUT2D eigenvalue weighted by molar-refractivity contribution is -0.138. The molecule has 1 aliphatic rings. The van der Waals surface area contributed by atoms with E-state index in [-0.39, 0.29) is 15.9 Å². The number of carbonyl (C=O) groups is 1. The quantitative estimate of drug-likeness (QED) is 0.774. The van der Waals surface area contributed by atoms with Crippen molar-refractivity contribution in [2.75, 3.05) is 13.1 Å². The van der Waals surface area contributed by atoms with Gasteiger partial charge in [-0.3, -0.25) is 4.79 Å². The van der Waals surface area contributed by atoms with Crippen LogP contribution in [0.15, 0.2) is 22.7 Å². The van der Waals surface area contributed by atoms with Gasteiger partial charge in [-0.2, -0.15) is 13.2 Å². The number of nitrogens with zero attached hydrogens (tertiary/aromatic N) is 1. The summed E-state index contributed by atoms with van der Waals surface area (Å²) < 4.78 is 38.0. The Morgan fingerprint density at radius 3 is 2.50 bits per heavy atom. The summed E-state index contributed by atoms with van der Waals surface area (Å²) in [6.07, 6.45) is -4.46. The summed E-state index contributed by atoms with van der Waals surface area (Å²) in [7, 11) is 0. The van der Waals surface area contributed by atoms with E-state index >= 15 is 0 Å². The number of rotatable bonds is 1. The van der Waals surface area contributed by atoms with E-state index in [0.29, 0.717) is 19.0 Å². The van der Waals surface area contributed by atoms with E-state index in [1.807, 2.05) is 6.92 Å². The molecule has 0 unspecified atom stereocenters. The molecule has 1 saturated heterocycles. The van der Waals surface area contributed by atoms with Gasteiger partial charge in [-0.1, -0.05) is 22.9 Å². The molecule has 0 aromatic heterocycles. The molecule has 0 bridgehead atoms. The predicted octanol–water partition coefficient (Wildman–Crippen LogP) is 3.56. The summed E-state index contributed by atoms with van der Waals surface area (Å²) >= 11 is 2.85. The van der Waals surface area contributed by atoms with Gasteiger partial charge in [0.2, 0.25) is 0 Å². The fourth-order valence-electron chi connectivity index (χ4n) is 1.92. The average molecular weight is 322 g/mol. The first-order valence-corrected chi connectivity index (χ1v) is 6.24. The Kier molecular flexibility index (Phi) is 3.40. The van der Waals surface area contributed by atoms with Crippen LogP contribution in [-0.2, 0) is 6.18 Å². The molecule has 0 spiro atoms. The van der Waals surface area contributed by atoms with Gasteiger partial charge in [0.25, 0.3) is 5.91 Å². The lowest BCUT2D eigenvalue weighted by Gasteiger charge is -2.37. The summed E-state index contributed by atoms with van der Waals surface area (Å²) in [4.78, 5) is 13.5. The van der Waals surface area contributed by atoms with Gasteiger partial charge in [0.05, 0.1) is 5.56 Å². The fourth-order valence-corrected chi connectivity index (χ4v) is 2.39. The number of benzene rings is 1. The standard InChI is InChI=1S/C12H11BrF3NO/c1-7-5-17(6-7)11(18)8-2-3-10(13)9(4-8)12(14,15)16/h2-4,7H,5-6H2,1H3. The van der Waals surface area contributed by atoms with Crippen LogP contribution >= 0.6 is 15.9 Å². The average Bonchev–Trinajstić information content (AvgIpc) is 2.23. The molecule has 0 saturated carbocycles. The van der Waals surface area contributed by atoms with Gasteiger partial charge in [0, 0.05) is 23.1 Å². The normalized spacial score (nSPS) is 16.6. The van der Waals surface area contributed by atoms with Crippen LogP contribution < -0.4 is 0 Å². The van der Waals surface area contributed by atoms with Crippen molar-refractivity contribution < 1.29 is 18.0 Å². The molecule has 1 heterocycles. The Labute approximate surface area is 111 Å². The maximum Gasteiger partial charge on any atom is 0.417 e. The highest BCUT2D eigenvalue weighted by Crippen LogP contribution is 2.35. The summed E-state index contributed by atoms with van der Waals surface area (Å²) in [6, 6.07) is 3.57. The number of carbonyl (C=O) groups excluding carboxylic acids is 1. The third kappa shape index (κ3) is 2.53. The highest BCUT2D eigenvalue weighted by Gasteiger charge is 2.35. The fraction of sp³-hybridized carbons (Fsp3) is 0.417. The largest absolute Gasteiger partial charge is 0.417 e. The first-order valence-electron chi connectivity index (χ1n) is 5.45. The number of hydrogen-bond donors (Lipinski definition) is 0. The maximum atomic E-state index is 12.7. The number of alkyl halides is 3. The molecule has 1 aliphatic heterocycles. The van der Waals surface area contributed by atoms with Gasteiger partial charge in [-0.25, -0.2) is 0 Å². The highest BCUT2D eigenvalue weighted by molar-refractivity contribution is 9.10. The minimum atomic E-state index is -4.46. The Morgan fingerprint density at radius 2 is 2.00 bits per heavy atom. The van der Waals surface area contributed by atoms with Crippen LogP contribution in [0.3, 0.4) is 0 Å². The van der Waals surface area contributed by atoms with E-state index in [9.17, 15) is 18.0 Å². The molecule has 1 aromatic carbocycles. The minimum absolute atomic E-state index is 0.0523. The smallest absolute Gasteiger partial charge is 0.338 e. The van der Waals surface area contributed by atoms with Crippen LogP contribution in [0.2, 0.25) is 0 Å². The molecule has 1 fully saturated rings. The van der Waals surface area contributed by atoms with Crippen molar-refractivity contribution in [1.29, 1.82) is 0 Å². The lowest BCUT2D eigenvalue weighted by atomic mass is 10.0. The molecule has 2 rings (SSSR count). The SMILES string of the molecule is CC1CN(C(=O)c2ccc(Br)c(C(F)(F)F)c2)C1. The Hall–Kier alpha value is -1.04. The van der Waals surface area contributed by atoms with Gasteiger partial charge in [0.1, 0.15) is 0 Å². The van der Waals surface area contributed by atoms with E-state index in [1.165, 1.54) is 12.1 Å². The molecule has 0 atom stereocenters. The molecule has 0 aliphatic carbocycles. The van der Waals surface area contributed by atoms with Crippen molar-refractivity contribution in [1.82, 2.24) is 4.90 Å². The maximum absolute atomic E-state index is 12.7. The summed E-state index contributed by atoms with van der Waals surface area (Å²) in [5, 5.41) is 0. The van der Waals surface area contributed by atoms with Crippen LogP contribution in [0.4, 0.5) is 13.2 Å². The highest BCUT2D eigenvalue weighted by atomic mass is 79.9. The van der Waals surface area contributed by atoms with Crippen molar-refractivity contribution in [3.05, 3.63) is 33.8 Å². The van der Waals surface area contributed by atoms with Crippen molar-refractivity contribution in [2.45, 2.75) is 13.1 Å². The van der Waals surface area contributed by atoms with Crippen LogP contribution in [0.1, 0.15) is 22.8 Å². The molecule has 18 heavy (non-hydrogen) atoms. The van der Waals surface area contributed by atoms with Gasteiger partial charge in [0.15, 0.2) is 0 Å². The monoisotopic (exact) mass is 321 g/mol. The second-order valence-corrected chi connectivity index (χ2v) is 5.36. The molecule has 0 radical (unpaired) electrons. The van der Waals surface area contributed by atoms with Gasteiger partial charge in [-0.15, -0.1) is 0 Å². The zero-order valence-electron chi connectivity index (χ0n) is 9.59. The number of amides is 1. The van der Waals surface area contributed by atoms with Crippen molar-refractivity contribution in [3.63, 3.8) is 0 Å². The third-order valence-corrected chi connectivity index (χ3v) is 3.56. The number of halogens is 4. The van der Waals surface area contributed by atoms with E-state index < -0.39 is 11.7 Å². The van der Waals surface area contributed by atoms with E-state index in [1.54, 1.807) is 4.90 Å². The molecule has 2 nitrogen and oxygen atoms in total. The summed E-state index contributed by atoms with van der Waals surface area (Å²) in [6.45, 7) is 3.21. The third-order valence-electron chi connectivity index (χ3n) is 2.87. The van der Waals surface area contributed by atoms with Crippen LogP contribution in [-0.4, -0.2) is 23.9 Å². The zero-order valence-corrected chi connectivity index (χ0v) is 11.2. The second kappa shape index (κ2) is 4.57. The van der Waals surface area contributed by atoms with Gasteiger partial charge in [-0.05, 0) is 24.1 Å². The van der Waals surface area contributed by atoms with Crippen LogP contribution in [0.5, 0.6) is 0 Å². The van der Waals surface area contributed by atoms with Crippen LogP contribution in [0.25, 0.3) is 0 Å². The molecule has 1 amide bonds. The van der Waals surface area contributed by atoms with Gasteiger partial charge < -0.3 is 4.90 Å². The van der Waals surface area contributed by atoms with E-state index in [4.69, 9.17) is 0 Å². The molecule has 98 valence electrons. The Morgan fingerprint density at radius 1 is 1.39 bits per heavy atom. The zero-order chi connectivity index (χ0) is 13.5. The first-order chi connectivity index (χ1) is 8.29. The number of likely N-dealkylation sites (tertiary alicyclic amines) is 1. The molecule has 0 N–H and O–H groups in total. The molecular weight excluding hydrogens is 311 g/mol. The second-order valence-electron chi connectivity index (χ2n) is 4.51. The van der Waals surface area contributed by atoms with Crippen molar-refractivity contribution in [2.24, 2.45) is 5.92 Å². The molecule has 6 heteroatoms. The molecular formula is C12H11BrF3NO. The van der Waals surface area contributed by atoms with Crippen LogP contribution in [0, 0.1) is 5.92 Å². The Balaban J connectivity index is 2.27. The Bertz CT molecular complexity index is 481. The number of hydrogen-bond acceptors (Lipinski definition) is 1. The first kappa shape index (κ1) is 13.4. The lowest BCUT2D eigenvalue weighted by Crippen LogP contribution is -2.48. The predicted molar refractivity (Wildman–Crippen MR) is 64.2 cm³/mol. The summed E-state index contributed by atoms with van der Waals surface area (Å²) in [5.41, 5.74) is -0.737. The molecule has 1 aromatic rings. The van der Waals surface area contributed by atoms with Crippen molar-refractivity contribution >= 4 is 21.8 Å². The van der Waals surface area contributed by atoms with E-state index in [2.05, 4.69) is 15.9 Å². The summed E-state index contributed by atoms with van der Waals surface area (Å²) in [5.74, 6) is 0.0811.